The van der Waals surface area contributed by atoms with E-state index in [2.05, 4.69) is 36.8 Å². The molecule has 0 amide bonds. The van der Waals surface area contributed by atoms with E-state index in [-0.39, 0.29) is 21.6 Å². The summed E-state index contributed by atoms with van der Waals surface area (Å²) in [4.78, 5) is 13.9. The van der Waals surface area contributed by atoms with Gasteiger partial charge in [0.2, 0.25) is 0 Å². The Labute approximate surface area is 152 Å². The standard InChI is InChI=1S/C7H3Br2NO.C6H3Cl2NO2/c8-5-1-4(3-10)2-6(9)7(5)11;7-3-1-2-4(8)9-5(3)6(10)11/h1-2,11H;1-2H,(H,10,11). The van der Waals surface area contributed by atoms with Crippen LogP contribution in [0.3, 0.4) is 0 Å². The van der Waals surface area contributed by atoms with Crippen molar-refractivity contribution < 1.29 is 15.0 Å². The first-order chi connectivity index (χ1) is 10.3. The lowest BCUT2D eigenvalue weighted by atomic mass is 10.2. The number of hydrogen-bond acceptors (Lipinski definition) is 4. The number of pyridine rings is 1. The van der Waals surface area contributed by atoms with E-state index >= 15 is 0 Å². The number of carboxylic acid groups (broad SMARTS) is 1. The van der Waals surface area contributed by atoms with Gasteiger partial charge in [-0.2, -0.15) is 5.26 Å². The number of phenolic OH excluding ortho intramolecular Hbond substituents is 1. The van der Waals surface area contributed by atoms with Crippen LogP contribution in [0.2, 0.25) is 10.2 Å². The summed E-state index contributed by atoms with van der Waals surface area (Å²) in [5, 5.41) is 26.4. The first-order valence-corrected chi connectivity index (χ1v) is 7.74. The number of nitrogens with zero attached hydrogens (tertiary/aromatic N) is 2. The molecule has 1 heterocycles. The van der Waals surface area contributed by atoms with Gasteiger partial charge in [-0.1, -0.05) is 23.2 Å². The van der Waals surface area contributed by atoms with Crippen LogP contribution in [0.25, 0.3) is 0 Å². The van der Waals surface area contributed by atoms with Crippen LogP contribution in [0, 0.1) is 11.3 Å². The highest BCUT2D eigenvalue weighted by Crippen LogP contribution is 2.32. The number of nitriles is 1. The highest BCUT2D eigenvalue weighted by molar-refractivity contribution is 9.11. The van der Waals surface area contributed by atoms with E-state index in [1.807, 2.05) is 6.07 Å². The van der Waals surface area contributed by atoms with Gasteiger partial charge in [0.1, 0.15) is 10.9 Å². The molecule has 0 spiro atoms. The Bertz CT molecular complexity index is 740. The predicted octanol–water partition coefficient (Wildman–Crippen LogP) is 4.88. The summed E-state index contributed by atoms with van der Waals surface area (Å²) in [5.74, 6) is -1.07. The fourth-order valence-corrected chi connectivity index (χ4v) is 2.72. The summed E-state index contributed by atoms with van der Waals surface area (Å²) in [6.45, 7) is 0. The van der Waals surface area contributed by atoms with Crippen molar-refractivity contribution in [2.45, 2.75) is 0 Å². The van der Waals surface area contributed by atoms with Crippen molar-refractivity contribution >= 4 is 61.0 Å². The number of benzene rings is 1. The Balaban J connectivity index is 0.000000220. The lowest BCUT2D eigenvalue weighted by Gasteiger charge is -1.99. The molecule has 0 atom stereocenters. The summed E-state index contributed by atoms with van der Waals surface area (Å²) >= 11 is 17.1. The Hall–Kier alpha value is -1.33. The molecular weight excluding hydrogens is 463 g/mol. The van der Waals surface area contributed by atoms with Crippen LogP contribution in [0.5, 0.6) is 5.75 Å². The number of carbonyl (C=O) groups is 1. The first-order valence-electron chi connectivity index (χ1n) is 5.39. The monoisotopic (exact) mass is 466 g/mol. The lowest BCUT2D eigenvalue weighted by Crippen LogP contribution is -2.00. The van der Waals surface area contributed by atoms with Gasteiger partial charge in [-0.15, -0.1) is 0 Å². The minimum Gasteiger partial charge on any atom is -0.506 e. The lowest BCUT2D eigenvalue weighted by molar-refractivity contribution is 0.0690. The zero-order chi connectivity index (χ0) is 16.9. The molecule has 0 saturated carbocycles. The summed E-state index contributed by atoms with van der Waals surface area (Å²) < 4.78 is 1.03. The van der Waals surface area contributed by atoms with Gasteiger partial charge in [-0.3, -0.25) is 0 Å². The number of halogens is 4. The largest absolute Gasteiger partial charge is 0.506 e. The molecule has 114 valence electrons. The Morgan fingerprint density at radius 3 is 2.18 bits per heavy atom. The van der Waals surface area contributed by atoms with Crippen LogP contribution in [0.1, 0.15) is 16.1 Å². The molecule has 0 aliphatic heterocycles. The van der Waals surface area contributed by atoms with Crippen molar-refractivity contribution in [1.29, 1.82) is 5.26 Å². The second-order valence-electron chi connectivity index (χ2n) is 3.67. The van der Waals surface area contributed by atoms with Gasteiger partial charge < -0.3 is 10.2 Å². The third-order valence-corrected chi connectivity index (χ3v) is 3.89. The summed E-state index contributed by atoms with van der Waals surface area (Å²) in [6, 6.07) is 7.89. The normalized spacial score (nSPS) is 9.41. The highest BCUT2D eigenvalue weighted by Gasteiger charge is 2.09. The minimum atomic E-state index is -1.18. The molecule has 0 fully saturated rings. The van der Waals surface area contributed by atoms with Gasteiger partial charge in [0.15, 0.2) is 5.69 Å². The van der Waals surface area contributed by atoms with E-state index < -0.39 is 5.97 Å². The Morgan fingerprint density at radius 2 is 1.77 bits per heavy atom. The SMILES string of the molecule is N#Cc1cc(Br)c(O)c(Br)c1.O=C(O)c1nc(Cl)ccc1Cl. The smallest absolute Gasteiger partial charge is 0.356 e. The molecule has 0 unspecified atom stereocenters. The van der Waals surface area contributed by atoms with Crippen LogP contribution in [-0.2, 0) is 0 Å². The van der Waals surface area contributed by atoms with Gasteiger partial charge in [0.25, 0.3) is 0 Å². The third-order valence-electron chi connectivity index (χ3n) is 2.16. The van der Waals surface area contributed by atoms with Crippen molar-refractivity contribution in [3.05, 3.63) is 54.6 Å². The fourth-order valence-electron chi connectivity index (χ4n) is 1.20. The number of rotatable bonds is 1. The Morgan fingerprint density at radius 1 is 1.23 bits per heavy atom. The Kier molecular flexibility index (Phi) is 7.10. The number of hydrogen-bond donors (Lipinski definition) is 2. The van der Waals surface area contributed by atoms with E-state index in [0.717, 1.165) is 0 Å². The topological polar surface area (TPSA) is 94.2 Å². The molecule has 0 radical (unpaired) electrons. The van der Waals surface area contributed by atoms with Crippen LogP contribution in [0.4, 0.5) is 0 Å². The van der Waals surface area contributed by atoms with Gasteiger partial charge in [0.05, 0.1) is 25.6 Å². The molecule has 1 aromatic carbocycles. The van der Waals surface area contributed by atoms with Crippen molar-refractivity contribution in [2.24, 2.45) is 0 Å². The molecule has 1 aromatic heterocycles. The van der Waals surface area contributed by atoms with Gasteiger partial charge >= 0.3 is 5.97 Å². The third kappa shape index (κ3) is 5.14. The number of phenols is 1. The predicted molar refractivity (Wildman–Crippen MR) is 89.4 cm³/mol. The number of carboxylic acids is 1. The maximum absolute atomic E-state index is 10.4. The quantitative estimate of drug-likeness (QED) is 0.582. The van der Waals surface area contributed by atoms with E-state index in [0.29, 0.717) is 14.5 Å². The molecular formula is C13H6Br2Cl2N2O3. The average Bonchev–Trinajstić information content (AvgIpc) is 2.47. The van der Waals surface area contributed by atoms with E-state index in [1.165, 1.54) is 12.1 Å². The van der Waals surface area contributed by atoms with E-state index in [4.69, 9.17) is 33.6 Å². The molecule has 5 nitrogen and oxygen atoms in total. The maximum Gasteiger partial charge on any atom is 0.356 e. The molecule has 9 heteroatoms. The molecule has 2 N–H and O–H groups in total. The van der Waals surface area contributed by atoms with Crippen molar-refractivity contribution in [2.75, 3.05) is 0 Å². The maximum atomic E-state index is 10.4. The van der Waals surface area contributed by atoms with Crippen LogP contribution in [-0.4, -0.2) is 21.2 Å². The second-order valence-corrected chi connectivity index (χ2v) is 6.17. The molecule has 22 heavy (non-hydrogen) atoms. The first kappa shape index (κ1) is 18.7. The van der Waals surface area contributed by atoms with Crippen LogP contribution < -0.4 is 0 Å². The highest BCUT2D eigenvalue weighted by atomic mass is 79.9. The van der Waals surface area contributed by atoms with Gasteiger partial charge in [0, 0.05) is 0 Å². The molecule has 0 aliphatic rings. The molecule has 0 aliphatic carbocycles. The second kappa shape index (κ2) is 8.34. The average molecular weight is 469 g/mol. The molecule has 0 saturated heterocycles. The molecule has 2 rings (SSSR count). The zero-order valence-electron chi connectivity index (χ0n) is 10.5. The number of aromatic hydroxyl groups is 1. The van der Waals surface area contributed by atoms with Gasteiger partial charge in [-0.25, -0.2) is 9.78 Å². The van der Waals surface area contributed by atoms with E-state index in [1.54, 1.807) is 12.1 Å². The van der Waals surface area contributed by atoms with Crippen LogP contribution >= 0.6 is 55.1 Å². The molecule has 0 bridgehead atoms. The number of aromatic carboxylic acids is 1. The zero-order valence-corrected chi connectivity index (χ0v) is 15.2. The van der Waals surface area contributed by atoms with Crippen molar-refractivity contribution in [3.8, 4) is 11.8 Å². The van der Waals surface area contributed by atoms with Crippen molar-refractivity contribution in [1.82, 2.24) is 4.98 Å². The fraction of sp³-hybridized carbons (Fsp3) is 0. The van der Waals surface area contributed by atoms with Crippen molar-refractivity contribution in [3.63, 3.8) is 0 Å². The number of aromatic nitrogens is 1. The summed E-state index contributed by atoms with van der Waals surface area (Å²) in [5.41, 5.74) is 0.278. The van der Waals surface area contributed by atoms with Gasteiger partial charge in [-0.05, 0) is 56.1 Å². The van der Waals surface area contributed by atoms with E-state index in [9.17, 15) is 9.90 Å². The molecule has 2 aromatic rings. The van der Waals surface area contributed by atoms with Crippen LogP contribution in [0.15, 0.2) is 33.2 Å². The minimum absolute atomic E-state index is 0.0851. The summed E-state index contributed by atoms with van der Waals surface area (Å²) in [6.07, 6.45) is 0. The summed E-state index contributed by atoms with van der Waals surface area (Å²) in [7, 11) is 0.